The Bertz CT molecular complexity index is 1300. The number of nitrogens with one attached hydrogen (secondary N) is 1. The number of anilines is 1. The van der Waals surface area contributed by atoms with Crippen LogP contribution in [0.25, 0.3) is 0 Å². The lowest BCUT2D eigenvalue weighted by Crippen LogP contribution is -2.31. The number of sulfone groups is 1. The van der Waals surface area contributed by atoms with E-state index in [1.165, 1.54) is 40.8 Å². The molecule has 0 bridgehead atoms. The standard InChI is InChI=1S/C25H24N2O4S/c1-3-27-21-16-19(24(28)26-15-14-18-10-8-17(2)9-11-18)12-13-23(21)32(30,31)22-7-5-4-6-20(22)25(27)29/h4-13,16H,3,14-15H2,1-2H3,(H,26,28). The van der Waals surface area contributed by atoms with Crippen molar-refractivity contribution >= 4 is 27.3 Å². The van der Waals surface area contributed by atoms with Gasteiger partial charge in [0.25, 0.3) is 11.8 Å². The van der Waals surface area contributed by atoms with Crippen LogP contribution >= 0.6 is 0 Å². The van der Waals surface area contributed by atoms with Crippen LogP contribution in [0.3, 0.4) is 0 Å². The molecule has 0 saturated heterocycles. The maximum Gasteiger partial charge on any atom is 0.259 e. The minimum absolute atomic E-state index is 0.0162. The minimum atomic E-state index is -3.91. The second-order valence-corrected chi connectivity index (χ2v) is 9.61. The topological polar surface area (TPSA) is 83.6 Å². The number of hydrogen-bond donors (Lipinski definition) is 1. The van der Waals surface area contributed by atoms with Crippen molar-refractivity contribution in [1.29, 1.82) is 0 Å². The first-order valence-corrected chi connectivity index (χ1v) is 11.9. The van der Waals surface area contributed by atoms with E-state index in [0.29, 0.717) is 18.5 Å². The van der Waals surface area contributed by atoms with E-state index in [1.54, 1.807) is 19.1 Å². The Morgan fingerprint density at radius 1 is 0.969 bits per heavy atom. The number of benzene rings is 3. The van der Waals surface area contributed by atoms with Gasteiger partial charge in [-0.1, -0.05) is 42.0 Å². The van der Waals surface area contributed by atoms with Crippen molar-refractivity contribution in [2.75, 3.05) is 18.0 Å². The van der Waals surface area contributed by atoms with Gasteiger partial charge >= 0.3 is 0 Å². The molecule has 0 radical (unpaired) electrons. The van der Waals surface area contributed by atoms with Crippen molar-refractivity contribution in [3.8, 4) is 0 Å². The number of carbonyl (C=O) groups is 2. The molecule has 0 fully saturated rings. The molecule has 2 amide bonds. The summed E-state index contributed by atoms with van der Waals surface area (Å²) in [5.74, 6) is -0.718. The summed E-state index contributed by atoms with van der Waals surface area (Å²) in [7, 11) is -3.91. The van der Waals surface area contributed by atoms with E-state index in [1.807, 2.05) is 31.2 Å². The molecule has 0 saturated carbocycles. The predicted octanol–water partition coefficient (Wildman–Crippen LogP) is 3.78. The van der Waals surface area contributed by atoms with Crippen LogP contribution in [0.5, 0.6) is 0 Å². The Labute approximate surface area is 187 Å². The molecule has 0 unspecified atom stereocenters. The lowest BCUT2D eigenvalue weighted by atomic mass is 10.1. The third kappa shape index (κ3) is 3.91. The van der Waals surface area contributed by atoms with Gasteiger partial charge in [-0.3, -0.25) is 9.59 Å². The average molecular weight is 449 g/mol. The summed E-state index contributed by atoms with van der Waals surface area (Å²) < 4.78 is 26.6. The highest BCUT2D eigenvalue weighted by Crippen LogP contribution is 2.37. The first-order chi connectivity index (χ1) is 15.3. The summed E-state index contributed by atoms with van der Waals surface area (Å²) in [6, 6.07) is 18.7. The van der Waals surface area contributed by atoms with Gasteiger partial charge in [-0.15, -0.1) is 0 Å². The summed E-state index contributed by atoms with van der Waals surface area (Å²) in [5, 5.41) is 2.87. The molecule has 1 heterocycles. The highest BCUT2D eigenvalue weighted by atomic mass is 32.2. The molecule has 0 atom stereocenters. The lowest BCUT2D eigenvalue weighted by Gasteiger charge is -2.21. The van der Waals surface area contributed by atoms with Crippen molar-refractivity contribution in [3.63, 3.8) is 0 Å². The monoisotopic (exact) mass is 448 g/mol. The molecule has 3 aromatic rings. The van der Waals surface area contributed by atoms with Crippen LogP contribution < -0.4 is 10.2 Å². The van der Waals surface area contributed by atoms with E-state index in [-0.39, 0.29) is 33.5 Å². The Kier molecular flexibility index (Phi) is 5.84. The maximum atomic E-state index is 13.3. The Morgan fingerprint density at radius 2 is 1.69 bits per heavy atom. The summed E-state index contributed by atoms with van der Waals surface area (Å²) in [5.41, 5.74) is 2.95. The van der Waals surface area contributed by atoms with Crippen molar-refractivity contribution in [2.24, 2.45) is 0 Å². The molecule has 1 N–H and O–H groups in total. The number of hydrogen-bond acceptors (Lipinski definition) is 4. The van der Waals surface area contributed by atoms with E-state index in [0.717, 1.165) is 5.56 Å². The molecular weight excluding hydrogens is 424 g/mol. The van der Waals surface area contributed by atoms with Gasteiger partial charge in [0.1, 0.15) is 0 Å². The highest BCUT2D eigenvalue weighted by Gasteiger charge is 2.35. The molecule has 4 rings (SSSR count). The summed E-state index contributed by atoms with van der Waals surface area (Å²) in [4.78, 5) is 27.3. The van der Waals surface area contributed by atoms with Gasteiger partial charge in [0, 0.05) is 18.7 Å². The SMILES string of the molecule is CCN1C(=O)c2ccccc2S(=O)(=O)c2ccc(C(=O)NCCc3ccc(C)cc3)cc21. The molecule has 0 aromatic heterocycles. The fraction of sp³-hybridized carbons (Fsp3) is 0.200. The predicted molar refractivity (Wildman–Crippen MR) is 123 cm³/mol. The number of rotatable bonds is 5. The molecule has 32 heavy (non-hydrogen) atoms. The second kappa shape index (κ2) is 8.59. The number of amides is 2. The average Bonchev–Trinajstić information content (AvgIpc) is 2.86. The smallest absolute Gasteiger partial charge is 0.259 e. The normalized spacial score (nSPS) is 14.3. The van der Waals surface area contributed by atoms with Gasteiger partial charge in [-0.25, -0.2) is 8.42 Å². The molecule has 164 valence electrons. The second-order valence-electron chi connectivity index (χ2n) is 7.72. The number of aryl methyl sites for hydroxylation is 1. The summed E-state index contributed by atoms with van der Waals surface area (Å²) in [6.45, 7) is 4.51. The van der Waals surface area contributed by atoms with Crippen LogP contribution in [-0.2, 0) is 16.3 Å². The Hall–Kier alpha value is -3.45. The highest BCUT2D eigenvalue weighted by molar-refractivity contribution is 7.91. The number of nitrogens with zero attached hydrogens (tertiary/aromatic N) is 1. The van der Waals surface area contributed by atoms with Crippen molar-refractivity contribution in [3.05, 3.63) is 89.0 Å². The van der Waals surface area contributed by atoms with Gasteiger partial charge in [-0.05, 0) is 56.2 Å². The maximum absolute atomic E-state index is 13.3. The van der Waals surface area contributed by atoms with E-state index >= 15 is 0 Å². The van der Waals surface area contributed by atoms with Gasteiger partial charge in [0.2, 0.25) is 9.84 Å². The van der Waals surface area contributed by atoms with E-state index in [9.17, 15) is 18.0 Å². The molecule has 3 aromatic carbocycles. The largest absolute Gasteiger partial charge is 0.352 e. The number of fused-ring (bicyclic) bond motifs is 2. The molecular formula is C25H24N2O4S. The quantitative estimate of drug-likeness (QED) is 0.644. The Morgan fingerprint density at radius 3 is 2.41 bits per heavy atom. The van der Waals surface area contributed by atoms with Crippen LogP contribution in [0.15, 0.2) is 76.5 Å². The molecule has 1 aliphatic heterocycles. The summed E-state index contributed by atoms with van der Waals surface area (Å²) >= 11 is 0. The zero-order valence-corrected chi connectivity index (χ0v) is 18.8. The van der Waals surface area contributed by atoms with Crippen molar-refractivity contribution in [2.45, 2.75) is 30.1 Å². The minimum Gasteiger partial charge on any atom is -0.352 e. The van der Waals surface area contributed by atoms with Crippen LogP contribution in [0.1, 0.15) is 38.8 Å². The molecule has 0 aliphatic carbocycles. The van der Waals surface area contributed by atoms with Gasteiger partial charge < -0.3 is 10.2 Å². The van der Waals surface area contributed by atoms with E-state index in [4.69, 9.17) is 0 Å². The first-order valence-electron chi connectivity index (χ1n) is 10.5. The van der Waals surface area contributed by atoms with Crippen LogP contribution in [-0.4, -0.2) is 33.3 Å². The fourth-order valence-corrected chi connectivity index (χ4v) is 5.47. The Balaban J connectivity index is 1.63. The molecule has 1 aliphatic rings. The summed E-state index contributed by atoms with van der Waals surface area (Å²) in [6.07, 6.45) is 0.681. The fourth-order valence-electron chi connectivity index (χ4n) is 3.84. The lowest BCUT2D eigenvalue weighted by molar-refractivity contribution is 0.0950. The zero-order valence-electron chi connectivity index (χ0n) is 18.0. The van der Waals surface area contributed by atoms with Crippen molar-refractivity contribution in [1.82, 2.24) is 5.32 Å². The van der Waals surface area contributed by atoms with Gasteiger partial charge in [-0.2, -0.15) is 0 Å². The van der Waals surface area contributed by atoms with Gasteiger partial charge in [0.05, 0.1) is 21.0 Å². The van der Waals surface area contributed by atoms with Crippen LogP contribution in [0.4, 0.5) is 5.69 Å². The van der Waals surface area contributed by atoms with Crippen LogP contribution in [0, 0.1) is 6.92 Å². The van der Waals surface area contributed by atoms with Crippen molar-refractivity contribution < 1.29 is 18.0 Å². The van der Waals surface area contributed by atoms with Crippen LogP contribution in [0.2, 0.25) is 0 Å². The third-order valence-electron chi connectivity index (χ3n) is 5.59. The van der Waals surface area contributed by atoms with E-state index in [2.05, 4.69) is 5.32 Å². The first kappa shape index (κ1) is 21.8. The zero-order chi connectivity index (χ0) is 22.9. The molecule has 0 spiro atoms. The molecule has 7 heteroatoms. The third-order valence-corrected chi connectivity index (χ3v) is 7.45. The van der Waals surface area contributed by atoms with E-state index < -0.39 is 15.7 Å². The number of carbonyl (C=O) groups excluding carboxylic acids is 2. The molecule has 6 nitrogen and oxygen atoms in total. The van der Waals surface area contributed by atoms with Gasteiger partial charge in [0.15, 0.2) is 0 Å².